The molecule has 0 saturated carbocycles. The number of nitrogens with one attached hydrogen (secondary N) is 1. The summed E-state index contributed by atoms with van der Waals surface area (Å²) < 4.78 is 5.24. The molecule has 0 heterocycles. The maximum Gasteiger partial charge on any atom is 0.234 e. The molecule has 3 N–H and O–H groups in total. The zero-order chi connectivity index (χ0) is 14.1. The Morgan fingerprint density at radius 3 is 2.89 bits per heavy atom. The van der Waals surface area contributed by atoms with Crippen molar-refractivity contribution in [2.45, 2.75) is 13.8 Å². The topological polar surface area (TPSA) is 64.3 Å². The fraction of sp³-hybridized carbons (Fsp3) is 0.500. The Labute approximate surface area is 119 Å². The molecule has 1 aromatic rings. The van der Waals surface area contributed by atoms with Gasteiger partial charge in [0.15, 0.2) is 0 Å². The van der Waals surface area contributed by atoms with Gasteiger partial charge in [0, 0.05) is 18.0 Å². The molecule has 0 saturated heterocycles. The zero-order valence-corrected chi connectivity index (χ0v) is 12.4. The van der Waals surface area contributed by atoms with E-state index in [1.807, 2.05) is 32.0 Å². The van der Waals surface area contributed by atoms with Gasteiger partial charge in [0.2, 0.25) is 5.91 Å². The number of anilines is 1. The first-order valence-electron chi connectivity index (χ1n) is 6.36. The number of rotatable bonds is 8. The van der Waals surface area contributed by atoms with Crippen LogP contribution in [0.5, 0.6) is 0 Å². The van der Waals surface area contributed by atoms with E-state index in [2.05, 4.69) is 5.32 Å². The maximum atomic E-state index is 11.8. The summed E-state index contributed by atoms with van der Waals surface area (Å²) in [4.78, 5) is 11.8. The molecule has 0 aliphatic heterocycles. The monoisotopic (exact) mass is 282 g/mol. The van der Waals surface area contributed by atoms with E-state index >= 15 is 0 Å². The van der Waals surface area contributed by atoms with Crippen LogP contribution >= 0.6 is 11.8 Å². The van der Waals surface area contributed by atoms with Crippen LogP contribution in [0.4, 0.5) is 5.69 Å². The smallest absolute Gasteiger partial charge is 0.234 e. The summed E-state index contributed by atoms with van der Waals surface area (Å²) in [6.07, 6.45) is 0. The summed E-state index contributed by atoms with van der Waals surface area (Å²) in [6, 6.07) is 6.04. The van der Waals surface area contributed by atoms with Crippen LogP contribution in [0, 0.1) is 13.8 Å². The predicted molar refractivity (Wildman–Crippen MR) is 81.7 cm³/mol. The van der Waals surface area contributed by atoms with E-state index in [-0.39, 0.29) is 5.91 Å². The van der Waals surface area contributed by atoms with Crippen LogP contribution in [0.25, 0.3) is 0 Å². The van der Waals surface area contributed by atoms with Gasteiger partial charge in [-0.1, -0.05) is 12.1 Å². The first-order valence-corrected chi connectivity index (χ1v) is 7.51. The molecule has 5 heteroatoms. The first kappa shape index (κ1) is 16.0. The van der Waals surface area contributed by atoms with Crippen molar-refractivity contribution in [3.8, 4) is 0 Å². The average Bonchev–Trinajstić information content (AvgIpc) is 2.38. The lowest BCUT2D eigenvalue weighted by atomic mass is 10.1. The maximum absolute atomic E-state index is 11.8. The van der Waals surface area contributed by atoms with Crippen LogP contribution in [0.2, 0.25) is 0 Å². The van der Waals surface area contributed by atoms with Gasteiger partial charge in [-0.15, -0.1) is 11.8 Å². The van der Waals surface area contributed by atoms with E-state index in [0.717, 1.165) is 22.6 Å². The molecule has 0 aromatic heterocycles. The van der Waals surface area contributed by atoms with Crippen molar-refractivity contribution in [3.05, 3.63) is 29.3 Å². The quantitative estimate of drug-likeness (QED) is 0.715. The summed E-state index contributed by atoms with van der Waals surface area (Å²) >= 11 is 1.56. The Hall–Kier alpha value is -1.04. The molecule has 1 amide bonds. The number of hydrogen-bond donors (Lipinski definition) is 2. The molecule has 0 aliphatic rings. The summed E-state index contributed by atoms with van der Waals surface area (Å²) in [5, 5.41) is 2.93. The van der Waals surface area contributed by atoms with Gasteiger partial charge in [-0.2, -0.15) is 0 Å². The molecule has 0 bridgehead atoms. The van der Waals surface area contributed by atoms with E-state index in [1.165, 1.54) is 0 Å². The van der Waals surface area contributed by atoms with E-state index in [1.54, 1.807) is 11.8 Å². The Kier molecular flexibility index (Phi) is 7.55. The molecule has 0 unspecified atom stereocenters. The number of thioether (sulfide) groups is 1. The van der Waals surface area contributed by atoms with Gasteiger partial charge in [0.25, 0.3) is 0 Å². The number of ether oxygens (including phenoxy) is 1. The van der Waals surface area contributed by atoms with Crippen molar-refractivity contribution in [2.75, 3.05) is 36.6 Å². The number of carbonyl (C=O) groups is 1. The second-order valence-electron chi connectivity index (χ2n) is 4.32. The number of aryl methyl sites for hydroxylation is 2. The van der Waals surface area contributed by atoms with E-state index < -0.39 is 0 Å². The van der Waals surface area contributed by atoms with Crippen LogP contribution < -0.4 is 11.1 Å². The van der Waals surface area contributed by atoms with Crippen molar-refractivity contribution >= 4 is 23.4 Å². The first-order chi connectivity index (χ1) is 9.13. The molecular formula is C14H22N2O2S. The van der Waals surface area contributed by atoms with Gasteiger partial charge in [0.05, 0.1) is 19.0 Å². The lowest BCUT2D eigenvalue weighted by Crippen LogP contribution is -2.16. The van der Waals surface area contributed by atoms with Gasteiger partial charge in [-0.3, -0.25) is 4.79 Å². The summed E-state index contributed by atoms with van der Waals surface area (Å²) in [7, 11) is 0. The molecule has 4 nitrogen and oxygen atoms in total. The number of amides is 1. The fourth-order valence-electron chi connectivity index (χ4n) is 1.52. The molecule has 0 atom stereocenters. The highest BCUT2D eigenvalue weighted by Crippen LogP contribution is 2.16. The molecule has 1 aromatic carbocycles. The second-order valence-corrected chi connectivity index (χ2v) is 5.43. The van der Waals surface area contributed by atoms with Crippen LogP contribution in [0.3, 0.4) is 0 Å². The highest BCUT2D eigenvalue weighted by atomic mass is 32.2. The molecule has 0 radical (unpaired) electrons. The minimum absolute atomic E-state index is 0.0255. The third kappa shape index (κ3) is 6.61. The molecule has 19 heavy (non-hydrogen) atoms. The number of benzene rings is 1. The third-order valence-corrected chi connectivity index (χ3v) is 3.46. The lowest BCUT2D eigenvalue weighted by Gasteiger charge is -2.09. The number of nitrogens with two attached hydrogens (primary N) is 1. The van der Waals surface area contributed by atoms with Crippen molar-refractivity contribution in [2.24, 2.45) is 5.73 Å². The molecule has 0 spiro atoms. The Balaban J connectivity index is 2.25. The minimum atomic E-state index is 0.0255. The fourth-order valence-corrected chi connectivity index (χ4v) is 2.16. The molecule has 106 valence electrons. The number of hydrogen-bond acceptors (Lipinski definition) is 4. The van der Waals surface area contributed by atoms with E-state index in [4.69, 9.17) is 10.5 Å². The van der Waals surface area contributed by atoms with E-state index in [9.17, 15) is 4.79 Å². The molecule has 0 aliphatic carbocycles. The zero-order valence-electron chi connectivity index (χ0n) is 11.6. The summed E-state index contributed by atoms with van der Waals surface area (Å²) in [5.41, 5.74) is 8.42. The lowest BCUT2D eigenvalue weighted by molar-refractivity contribution is -0.113. The van der Waals surface area contributed by atoms with Gasteiger partial charge in [-0.25, -0.2) is 0 Å². The standard InChI is InChI=1S/C14H22N2O2S/c1-11-3-4-12(2)13(9-11)16-14(17)10-19-8-7-18-6-5-15/h3-4,9H,5-8,10,15H2,1-2H3,(H,16,17). The van der Waals surface area contributed by atoms with Crippen LogP contribution in [-0.4, -0.2) is 37.2 Å². The van der Waals surface area contributed by atoms with Crippen LogP contribution in [-0.2, 0) is 9.53 Å². The normalized spacial score (nSPS) is 10.5. The largest absolute Gasteiger partial charge is 0.379 e. The Bertz CT molecular complexity index is 410. The number of carbonyl (C=O) groups excluding carboxylic acids is 1. The van der Waals surface area contributed by atoms with Gasteiger partial charge in [0.1, 0.15) is 0 Å². The van der Waals surface area contributed by atoms with Crippen molar-refractivity contribution in [1.29, 1.82) is 0 Å². The highest BCUT2D eigenvalue weighted by Gasteiger charge is 2.05. The predicted octanol–water partition coefficient (Wildman–Crippen LogP) is 1.95. The van der Waals surface area contributed by atoms with Crippen molar-refractivity contribution < 1.29 is 9.53 Å². The minimum Gasteiger partial charge on any atom is -0.379 e. The van der Waals surface area contributed by atoms with Gasteiger partial charge in [-0.05, 0) is 31.0 Å². The van der Waals surface area contributed by atoms with Crippen molar-refractivity contribution in [1.82, 2.24) is 0 Å². The summed E-state index contributed by atoms with van der Waals surface area (Å²) in [6.45, 7) is 5.76. The van der Waals surface area contributed by atoms with Crippen molar-refractivity contribution in [3.63, 3.8) is 0 Å². The van der Waals surface area contributed by atoms with E-state index in [0.29, 0.717) is 25.5 Å². The average molecular weight is 282 g/mol. The molecular weight excluding hydrogens is 260 g/mol. The van der Waals surface area contributed by atoms with Gasteiger partial charge >= 0.3 is 0 Å². The van der Waals surface area contributed by atoms with Gasteiger partial charge < -0.3 is 15.8 Å². The molecule has 1 rings (SSSR count). The SMILES string of the molecule is Cc1ccc(C)c(NC(=O)CSCCOCCN)c1. The Morgan fingerprint density at radius 1 is 1.37 bits per heavy atom. The van der Waals surface area contributed by atoms with Crippen LogP contribution in [0.1, 0.15) is 11.1 Å². The Morgan fingerprint density at radius 2 is 2.16 bits per heavy atom. The third-order valence-electron chi connectivity index (χ3n) is 2.53. The summed E-state index contributed by atoms with van der Waals surface area (Å²) in [5.74, 6) is 1.28. The second kappa shape index (κ2) is 8.96. The molecule has 0 fully saturated rings. The van der Waals surface area contributed by atoms with Crippen LogP contribution in [0.15, 0.2) is 18.2 Å². The highest BCUT2D eigenvalue weighted by molar-refractivity contribution is 7.99.